The van der Waals surface area contributed by atoms with Crippen LogP contribution in [0.5, 0.6) is 0 Å². The summed E-state index contributed by atoms with van der Waals surface area (Å²) in [6, 6.07) is 7.46. The summed E-state index contributed by atoms with van der Waals surface area (Å²) in [5, 5.41) is 12.1. The highest BCUT2D eigenvalue weighted by Gasteiger charge is 2.28. The lowest BCUT2D eigenvalue weighted by molar-refractivity contribution is -0.122. The maximum atomic E-state index is 12.6. The second-order valence-corrected chi connectivity index (χ2v) is 10.1. The van der Waals surface area contributed by atoms with Crippen molar-refractivity contribution in [3.8, 4) is 22.7 Å². The number of alkyl halides is 3. The van der Waals surface area contributed by atoms with Crippen LogP contribution in [0.25, 0.3) is 28.4 Å². The molecule has 0 saturated carbocycles. The molecule has 0 bridgehead atoms. The predicted molar refractivity (Wildman–Crippen MR) is 139 cm³/mol. The number of hydrogen-bond donors (Lipinski definition) is 2. The average molecular weight is 560 g/mol. The quantitative estimate of drug-likeness (QED) is 0.323. The third-order valence-corrected chi connectivity index (χ3v) is 5.41. The fourth-order valence-corrected chi connectivity index (χ4v) is 3.78. The van der Waals surface area contributed by atoms with Gasteiger partial charge >= 0.3 is 18.3 Å². The number of fused-ring (bicyclic) bond motifs is 1. The van der Waals surface area contributed by atoms with Crippen molar-refractivity contribution in [2.24, 2.45) is 0 Å². The molecular formula is C26H28F3N7O4. The molecule has 40 heavy (non-hydrogen) atoms. The van der Waals surface area contributed by atoms with Crippen LogP contribution in [0.4, 0.5) is 28.4 Å². The molecule has 0 spiro atoms. The lowest BCUT2D eigenvalue weighted by Gasteiger charge is -2.25. The Labute approximate surface area is 227 Å². The zero-order valence-electron chi connectivity index (χ0n) is 22.5. The number of urea groups is 1. The van der Waals surface area contributed by atoms with E-state index >= 15 is 0 Å². The molecule has 4 aromatic rings. The number of nitrogens with zero attached hydrogens (tertiary/aromatic N) is 5. The van der Waals surface area contributed by atoms with E-state index < -0.39 is 30.4 Å². The number of aryl methyl sites for hydroxylation is 1. The first-order chi connectivity index (χ1) is 18.7. The maximum Gasteiger partial charge on any atom is 0.410 e. The van der Waals surface area contributed by atoms with Crippen LogP contribution in [0.1, 0.15) is 32.2 Å². The topological polar surface area (TPSA) is 127 Å². The molecule has 1 aromatic carbocycles. The van der Waals surface area contributed by atoms with Gasteiger partial charge in [0.15, 0.2) is 0 Å². The van der Waals surface area contributed by atoms with Gasteiger partial charge in [-0.1, -0.05) is 0 Å². The van der Waals surface area contributed by atoms with Crippen molar-refractivity contribution in [3.63, 3.8) is 0 Å². The summed E-state index contributed by atoms with van der Waals surface area (Å²) in [6.45, 7) is 5.54. The summed E-state index contributed by atoms with van der Waals surface area (Å²) in [4.78, 5) is 30.5. The molecule has 3 heterocycles. The first-order valence-corrected chi connectivity index (χ1v) is 12.1. The summed E-state index contributed by atoms with van der Waals surface area (Å²) in [5.41, 5.74) is 2.56. The van der Waals surface area contributed by atoms with Crippen LogP contribution < -0.4 is 10.6 Å². The lowest BCUT2D eigenvalue weighted by atomic mass is 10.1. The van der Waals surface area contributed by atoms with Crippen molar-refractivity contribution in [3.05, 3.63) is 54.2 Å². The van der Waals surface area contributed by atoms with E-state index in [4.69, 9.17) is 9.15 Å². The van der Waals surface area contributed by atoms with Gasteiger partial charge in [-0.2, -0.15) is 13.2 Å². The Hall–Kier alpha value is -4.62. The number of imidazole rings is 1. The molecule has 3 aromatic heterocycles. The molecule has 212 valence electrons. The van der Waals surface area contributed by atoms with E-state index in [9.17, 15) is 22.8 Å². The average Bonchev–Trinajstić information content (AvgIpc) is 3.47. The Balaban J connectivity index is 1.67. The molecule has 0 saturated heterocycles. The van der Waals surface area contributed by atoms with Gasteiger partial charge in [0.1, 0.15) is 17.8 Å². The van der Waals surface area contributed by atoms with E-state index in [0.29, 0.717) is 39.8 Å². The number of carbonyl (C=O) groups excluding carboxylic acids is 2. The van der Waals surface area contributed by atoms with Crippen molar-refractivity contribution >= 4 is 23.5 Å². The number of ether oxygens (including phenoxy) is 1. The summed E-state index contributed by atoms with van der Waals surface area (Å²) in [7, 11) is 1.55. The predicted octanol–water partition coefficient (Wildman–Crippen LogP) is 5.41. The smallest absolute Gasteiger partial charge is 0.410 e. The molecule has 0 aliphatic heterocycles. The lowest BCUT2D eigenvalue weighted by Crippen LogP contribution is -2.36. The number of benzene rings is 1. The molecule has 11 nitrogen and oxygen atoms in total. The van der Waals surface area contributed by atoms with Gasteiger partial charge in [0.2, 0.25) is 11.8 Å². The van der Waals surface area contributed by atoms with Gasteiger partial charge in [0.05, 0.1) is 11.9 Å². The number of amides is 3. The highest BCUT2D eigenvalue weighted by atomic mass is 19.4. The van der Waals surface area contributed by atoms with Crippen LogP contribution in [0.15, 0.2) is 47.1 Å². The van der Waals surface area contributed by atoms with Crippen molar-refractivity contribution in [1.82, 2.24) is 29.8 Å². The van der Waals surface area contributed by atoms with Gasteiger partial charge in [0.25, 0.3) is 0 Å². The van der Waals surface area contributed by atoms with Gasteiger partial charge in [-0.05, 0) is 56.7 Å². The molecule has 0 radical (unpaired) electrons. The van der Waals surface area contributed by atoms with Crippen molar-refractivity contribution in [2.45, 2.75) is 46.0 Å². The summed E-state index contributed by atoms with van der Waals surface area (Å²) in [6.07, 6.45) is -1.75. The summed E-state index contributed by atoms with van der Waals surface area (Å²) in [5.74, 6) is 0.763. The van der Waals surface area contributed by atoms with Crippen molar-refractivity contribution in [1.29, 1.82) is 0 Å². The van der Waals surface area contributed by atoms with Crippen LogP contribution >= 0.6 is 0 Å². The number of anilines is 1. The SMILES string of the molecule is Cc1nnc(-c2ccn3c(-c4cc(CN(C)C(=O)OC(C)(C)C)cc(NC(=O)NCC(F)(F)F)c4)cnc3c2)o1. The highest BCUT2D eigenvalue weighted by molar-refractivity contribution is 5.90. The van der Waals surface area contributed by atoms with Crippen LogP contribution in [-0.4, -0.2) is 62.0 Å². The number of pyridine rings is 1. The van der Waals surface area contributed by atoms with Gasteiger partial charge in [-0.25, -0.2) is 14.6 Å². The minimum atomic E-state index is -4.56. The fraction of sp³-hybridized carbons (Fsp3) is 0.346. The number of halogens is 3. The van der Waals surface area contributed by atoms with Crippen LogP contribution in [0.2, 0.25) is 0 Å². The number of aromatic nitrogens is 4. The molecule has 4 rings (SSSR count). The second-order valence-electron chi connectivity index (χ2n) is 10.1. The van der Waals surface area contributed by atoms with Crippen molar-refractivity contribution < 1.29 is 31.9 Å². The maximum absolute atomic E-state index is 12.6. The minimum absolute atomic E-state index is 0.0962. The second kappa shape index (κ2) is 10.9. The van der Waals surface area contributed by atoms with Crippen molar-refractivity contribution in [2.75, 3.05) is 18.9 Å². The molecule has 0 aliphatic carbocycles. The van der Waals surface area contributed by atoms with Gasteiger partial charge in [0, 0.05) is 43.5 Å². The largest absolute Gasteiger partial charge is 0.444 e. The molecular weight excluding hydrogens is 531 g/mol. The van der Waals surface area contributed by atoms with E-state index in [0.717, 1.165) is 0 Å². The van der Waals surface area contributed by atoms with Crippen LogP contribution in [0, 0.1) is 6.92 Å². The Kier molecular flexibility index (Phi) is 7.71. The fourth-order valence-electron chi connectivity index (χ4n) is 3.78. The van der Waals surface area contributed by atoms with E-state index in [-0.39, 0.29) is 12.2 Å². The Morgan fingerprint density at radius 2 is 1.85 bits per heavy atom. The zero-order valence-corrected chi connectivity index (χ0v) is 22.5. The molecule has 3 amide bonds. The van der Waals surface area contributed by atoms with Gasteiger partial charge < -0.3 is 24.7 Å². The highest BCUT2D eigenvalue weighted by Crippen LogP contribution is 2.29. The third kappa shape index (κ3) is 7.27. The van der Waals surface area contributed by atoms with E-state index in [2.05, 4.69) is 20.5 Å². The molecule has 0 aliphatic rings. The number of rotatable bonds is 6. The van der Waals surface area contributed by atoms with E-state index in [1.165, 1.54) is 4.90 Å². The zero-order chi connectivity index (χ0) is 29.2. The number of hydrogen-bond acceptors (Lipinski definition) is 7. The van der Waals surface area contributed by atoms with Crippen LogP contribution in [0.3, 0.4) is 0 Å². The van der Waals surface area contributed by atoms with Gasteiger partial charge in [-0.3, -0.25) is 4.40 Å². The Morgan fingerprint density at radius 1 is 1.10 bits per heavy atom. The number of nitrogens with one attached hydrogen (secondary N) is 2. The first-order valence-electron chi connectivity index (χ1n) is 12.1. The monoisotopic (exact) mass is 559 g/mol. The normalized spacial score (nSPS) is 11.9. The Bertz CT molecular complexity index is 1540. The molecule has 0 fully saturated rings. The van der Waals surface area contributed by atoms with E-state index in [1.54, 1.807) is 87.2 Å². The molecule has 14 heteroatoms. The molecule has 0 atom stereocenters. The standard InChI is InChI=1S/C26H28F3N7O4/c1-15-33-34-22(39-15)17-6-7-36-20(12-30-21(36)11-17)18-8-16(13-35(5)24(38)40-25(2,3)4)9-19(10-18)32-23(37)31-14-26(27,28)29/h6-12H,13-14H2,1-5H3,(H2,31,32,37). The number of carbonyl (C=O) groups is 2. The third-order valence-electron chi connectivity index (χ3n) is 5.41. The summed E-state index contributed by atoms with van der Waals surface area (Å²) >= 11 is 0. The first kappa shape index (κ1) is 28.4. The molecule has 0 unspecified atom stereocenters. The Morgan fingerprint density at radius 3 is 2.50 bits per heavy atom. The molecule has 2 N–H and O–H groups in total. The van der Waals surface area contributed by atoms with E-state index in [1.807, 2.05) is 0 Å². The van der Waals surface area contributed by atoms with Gasteiger partial charge in [-0.15, -0.1) is 10.2 Å². The minimum Gasteiger partial charge on any atom is -0.444 e. The summed E-state index contributed by atoms with van der Waals surface area (Å²) < 4.78 is 50.4. The van der Waals surface area contributed by atoms with Crippen LogP contribution in [-0.2, 0) is 11.3 Å².